The van der Waals surface area contributed by atoms with Gasteiger partial charge in [-0.15, -0.1) is 5.10 Å². The quantitative estimate of drug-likeness (QED) is 0.888. The molecular weight excluding hydrogens is 272 g/mol. The molecule has 2 rings (SSSR count). The topological polar surface area (TPSA) is 88.3 Å². The molecule has 116 valence electrons. The molecule has 7 heteroatoms. The number of carbonyl (C=O) groups excluding carboxylic acids is 1. The minimum atomic E-state index is -1.12. The molecule has 0 atom stereocenters. The van der Waals surface area contributed by atoms with E-state index in [0.29, 0.717) is 18.3 Å². The number of amides is 1. The van der Waals surface area contributed by atoms with Gasteiger partial charge < -0.3 is 10.0 Å². The monoisotopic (exact) mass is 294 g/mol. The van der Waals surface area contributed by atoms with E-state index in [1.807, 2.05) is 11.8 Å². The van der Waals surface area contributed by atoms with Crippen molar-refractivity contribution in [1.82, 2.24) is 19.9 Å². The largest absolute Gasteiger partial charge is 0.476 e. The van der Waals surface area contributed by atoms with Crippen LogP contribution in [-0.2, 0) is 11.3 Å². The summed E-state index contributed by atoms with van der Waals surface area (Å²) in [5, 5.41) is 16.3. The van der Waals surface area contributed by atoms with Crippen molar-refractivity contribution in [2.45, 2.75) is 58.5 Å². The Kier molecular flexibility index (Phi) is 4.93. The Bertz CT molecular complexity index is 520. The third-order valence-corrected chi connectivity index (χ3v) is 4.15. The molecular formula is C14H22N4O3. The second kappa shape index (κ2) is 6.69. The summed E-state index contributed by atoms with van der Waals surface area (Å²) in [6.07, 6.45) is 5.68. The van der Waals surface area contributed by atoms with Crippen molar-refractivity contribution >= 4 is 11.9 Å². The van der Waals surface area contributed by atoms with Crippen LogP contribution in [-0.4, -0.2) is 49.5 Å². The van der Waals surface area contributed by atoms with Gasteiger partial charge >= 0.3 is 5.97 Å². The molecule has 1 saturated carbocycles. The lowest BCUT2D eigenvalue weighted by Crippen LogP contribution is -2.43. The van der Waals surface area contributed by atoms with Crippen LogP contribution in [0, 0.1) is 6.92 Å². The van der Waals surface area contributed by atoms with Crippen molar-refractivity contribution in [1.29, 1.82) is 0 Å². The van der Waals surface area contributed by atoms with Crippen molar-refractivity contribution in [3.8, 4) is 0 Å². The lowest BCUT2D eigenvalue weighted by molar-refractivity contribution is -0.134. The number of aromatic carboxylic acids is 1. The Hall–Kier alpha value is -1.92. The fourth-order valence-corrected chi connectivity index (χ4v) is 2.96. The smallest absolute Gasteiger partial charge is 0.358 e. The Morgan fingerprint density at radius 2 is 2.00 bits per heavy atom. The standard InChI is InChI=1S/C14H22N4O3/c1-3-17(11-7-5-4-6-8-11)12(19)9-18-10(2)13(14(20)21)15-16-18/h11H,3-9H2,1-2H3,(H,20,21). The second-order valence-electron chi connectivity index (χ2n) is 5.46. The van der Waals surface area contributed by atoms with Gasteiger partial charge in [0.25, 0.3) is 0 Å². The predicted octanol–water partition coefficient (Wildman–Crippen LogP) is 1.47. The number of carboxylic acid groups (broad SMARTS) is 1. The van der Waals surface area contributed by atoms with Gasteiger partial charge in [0.1, 0.15) is 6.54 Å². The highest BCUT2D eigenvalue weighted by molar-refractivity contribution is 5.86. The molecule has 1 aromatic heterocycles. The number of nitrogens with zero attached hydrogens (tertiary/aromatic N) is 4. The summed E-state index contributed by atoms with van der Waals surface area (Å²) in [4.78, 5) is 25.3. The lowest BCUT2D eigenvalue weighted by Gasteiger charge is -2.33. The van der Waals surface area contributed by atoms with E-state index in [0.717, 1.165) is 12.8 Å². The number of likely N-dealkylation sites (N-methyl/N-ethyl adjacent to an activating group) is 1. The Morgan fingerprint density at radius 1 is 1.33 bits per heavy atom. The van der Waals surface area contributed by atoms with Gasteiger partial charge in [0.15, 0.2) is 5.69 Å². The first-order valence-corrected chi connectivity index (χ1v) is 7.47. The van der Waals surface area contributed by atoms with E-state index in [1.54, 1.807) is 6.92 Å². The van der Waals surface area contributed by atoms with E-state index < -0.39 is 5.97 Å². The van der Waals surface area contributed by atoms with Gasteiger partial charge in [-0.25, -0.2) is 9.48 Å². The van der Waals surface area contributed by atoms with Crippen molar-refractivity contribution < 1.29 is 14.7 Å². The second-order valence-corrected chi connectivity index (χ2v) is 5.46. The van der Waals surface area contributed by atoms with Crippen LogP contribution in [0.4, 0.5) is 0 Å². The summed E-state index contributed by atoms with van der Waals surface area (Å²) in [5.41, 5.74) is 0.319. The van der Waals surface area contributed by atoms with Crippen LogP contribution < -0.4 is 0 Å². The number of hydrogen-bond acceptors (Lipinski definition) is 4. The molecule has 0 bridgehead atoms. The Balaban J connectivity index is 2.07. The highest BCUT2D eigenvalue weighted by Crippen LogP contribution is 2.22. The average Bonchev–Trinajstić information content (AvgIpc) is 2.82. The SMILES string of the molecule is CCN(C(=O)Cn1nnc(C(=O)O)c1C)C1CCCCC1. The van der Waals surface area contributed by atoms with Crippen LogP contribution in [0.1, 0.15) is 55.2 Å². The van der Waals surface area contributed by atoms with Crippen LogP contribution in [0.5, 0.6) is 0 Å². The molecule has 1 aromatic rings. The third kappa shape index (κ3) is 3.40. The molecule has 1 aliphatic rings. The summed E-state index contributed by atoms with van der Waals surface area (Å²) in [5.74, 6) is -1.14. The molecule has 0 unspecified atom stereocenters. The van der Waals surface area contributed by atoms with Crippen molar-refractivity contribution in [2.24, 2.45) is 0 Å². The summed E-state index contributed by atoms with van der Waals surface area (Å²) >= 11 is 0. The van der Waals surface area contributed by atoms with Crippen molar-refractivity contribution in [2.75, 3.05) is 6.54 Å². The first kappa shape index (κ1) is 15.5. The normalized spacial score (nSPS) is 15.9. The highest BCUT2D eigenvalue weighted by Gasteiger charge is 2.25. The van der Waals surface area contributed by atoms with E-state index in [-0.39, 0.29) is 18.1 Å². The summed E-state index contributed by atoms with van der Waals surface area (Å²) in [6.45, 7) is 4.32. The third-order valence-electron chi connectivity index (χ3n) is 4.15. The maximum Gasteiger partial charge on any atom is 0.358 e. The van der Waals surface area contributed by atoms with Gasteiger partial charge in [-0.1, -0.05) is 24.5 Å². The van der Waals surface area contributed by atoms with Gasteiger partial charge in [-0.2, -0.15) is 0 Å². The highest BCUT2D eigenvalue weighted by atomic mass is 16.4. The van der Waals surface area contributed by atoms with E-state index >= 15 is 0 Å². The fourth-order valence-electron chi connectivity index (χ4n) is 2.96. The van der Waals surface area contributed by atoms with Crippen LogP contribution in [0.25, 0.3) is 0 Å². The van der Waals surface area contributed by atoms with Crippen LogP contribution in [0.2, 0.25) is 0 Å². The van der Waals surface area contributed by atoms with Gasteiger partial charge in [-0.3, -0.25) is 4.79 Å². The number of carboxylic acids is 1. The lowest BCUT2D eigenvalue weighted by atomic mass is 9.94. The zero-order valence-electron chi connectivity index (χ0n) is 12.6. The molecule has 1 aliphatic carbocycles. The first-order valence-electron chi connectivity index (χ1n) is 7.47. The molecule has 1 fully saturated rings. The minimum absolute atomic E-state index is 0.0191. The van der Waals surface area contributed by atoms with E-state index in [4.69, 9.17) is 5.11 Å². The average molecular weight is 294 g/mol. The number of rotatable bonds is 5. The van der Waals surface area contributed by atoms with Crippen molar-refractivity contribution in [3.63, 3.8) is 0 Å². The predicted molar refractivity (Wildman–Crippen MR) is 76.0 cm³/mol. The van der Waals surface area contributed by atoms with Gasteiger partial charge in [0, 0.05) is 12.6 Å². The molecule has 7 nitrogen and oxygen atoms in total. The molecule has 0 saturated heterocycles. The molecule has 1 amide bonds. The number of hydrogen-bond donors (Lipinski definition) is 1. The zero-order valence-corrected chi connectivity index (χ0v) is 12.6. The fraction of sp³-hybridized carbons (Fsp3) is 0.714. The van der Waals surface area contributed by atoms with E-state index in [1.165, 1.54) is 23.9 Å². The van der Waals surface area contributed by atoms with Gasteiger partial charge in [0.2, 0.25) is 5.91 Å². The van der Waals surface area contributed by atoms with Gasteiger partial charge in [0.05, 0.1) is 5.69 Å². The molecule has 21 heavy (non-hydrogen) atoms. The molecule has 1 N–H and O–H groups in total. The number of aromatic nitrogens is 3. The van der Waals surface area contributed by atoms with Crippen LogP contribution in [0.3, 0.4) is 0 Å². The minimum Gasteiger partial charge on any atom is -0.476 e. The Labute approximate surface area is 123 Å². The summed E-state index contributed by atoms with van der Waals surface area (Å²) in [7, 11) is 0. The maximum atomic E-state index is 12.5. The van der Waals surface area contributed by atoms with Crippen molar-refractivity contribution in [3.05, 3.63) is 11.4 Å². The molecule has 0 radical (unpaired) electrons. The zero-order chi connectivity index (χ0) is 15.4. The van der Waals surface area contributed by atoms with E-state index in [9.17, 15) is 9.59 Å². The van der Waals surface area contributed by atoms with Gasteiger partial charge in [-0.05, 0) is 26.7 Å². The summed E-state index contributed by atoms with van der Waals surface area (Å²) in [6, 6.07) is 0.305. The molecule has 0 aromatic carbocycles. The molecule has 0 aliphatic heterocycles. The van der Waals surface area contributed by atoms with Crippen LogP contribution in [0.15, 0.2) is 0 Å². The molecule has 0 spiro atoms. The maximum absolute atomic E-state index is 12.5. The van der Waals surface area contributed by atoms with Crippen LogP contribution >= 0.6 is 0 Å². The summed E-state index contributed by atoms with van der Waals surface area (Å²) < 4.78 is 1.37. The Morgan fingerprint density at radius 3 is 2.52 bits per heavy atom. The number of carbonyl (C=O) groups is 2. The van der Waals surface area contributed by atoms with E-state index in [2.05, 4.69) is 10.3 Å². The molecule has 1 heterocycles. The first-order chi connectivity index (χ1) is 10.0.